The first kappa shape index (κ1) is 22.2. The van der Waals surface area contributed by atoms with E-state index in [1.165, 1.54) is 31.2 Å². The summed E-state index contributed by atoms with van der Waals surface area (Å²) in [5, 5.41) is 0. The van der Waals surface area contributed by atoms with Crippen molar-refractivity contribution >= 4 is 0 Å². The van der Waals surface area contributed by atoms with Crippen LogP contribution in [0.15, 0.2) is 42.5 Å². The molecule has 3 rings (SSSR count). The molecule has 0 aromatic heterocycles. The second-order valence-corrected chi connectivity index (χ2v) is 8.48. The number of hydrogen-bond acceptors (Lipinski definition) is 0. The van der Waals surface area contributed by atoms with Crippen LogP contribution in [0, 0.1) is 35.4 Å². The van der Waals surface area contributed by atoms with E-state index >= 15 is 0 Å². The van der Waals surface area contributed by atoms with E-state index in [-0.39, 0.29) is 5.82 Å². The summed E-state index contributed by atoms with van der Waals surface area (Å²) in [6.07, 6.45) is 10.3. The SMILES string of the molecule is CC#CCC1CCC(c2ccc(C#Cc3ccc(CCCCC)c(F)c3)cc2)CC1. The second kappa shape index (κ2) is 11.6. The highest BCUT2D eigenvalue weighted by Crippen LogP contribution is 2.36. The van der Waals surface area contributed by atoms with Crippen LogP contribution < -0.4 is 0 Å². The fourth-order valence-electron chi connectivity index (χ4n) is 4.32. The average Bonchev–Trinajstić information content (AvgIpc) is 2.78. The van der Waals surface area contributed by atoms with Crippen LogP contribution in [0.1, 0.15) is 93.4 Å². The Morgan fingerprint density at radius 2 is 1.60 bits per heavy atom. The molecule has 1 aliphatic carbocycles. The van der Waals surface area contributed by atoms with Gasteiger partial charge in [-0.15, -0.1) is 11.8 Å². The predicted molar refractivity (Wildman–Crippen MR) is 125 cm³/mol. The van der Waals surface area contributed by atoms with Crippen molar-refractivity contribution in [2.75, 3.05) is 0 Å². The van der Waals surface area contributed by atoms with Gasteiger partial charge in [0.2, 0.25) is 0 Å². The molecule has 0 nitrogen and oxygen atoms in total. The normalized spacial score (nSPS) is 18.1. The van der Waals surface area contributed by atoms with Gasteiger partial charge in [-0.05, 0) is 92.7 Å². The lowest BCUT2D eigenvalue weighted by molar-refractivity contribution is 0.331. The Labute approximate surface area is 182 Å². The van der Waals surface area contributed by atoms with Gasteiger partial charge in [-0.1, -0.05) is 49.8 Å². The summed E-state index contributed by atoms with van der Waals surface area (Å²) in [5.41, 5.74) is 3.94. The fraction of sp³-hybridized carbons (Fsp3) is 0.448. The zero-order valence-corrected chi connectivity index (χ0v) is 18.4. The Balaban J connectivity index is 1.57. The van der Waals surface area contributed by atoms with Crippen molar-refractivity contribution in [3.8, 4) is 23.7 Å². The lowest BCUT2D eigenvalue weighted by Gasteiger charge is -2.27. The summed E-state index contributed by atoms with van der Waals surface area (Å²) in [5.74, 6) is 13.9. The lowest BCUT2D eigenvalue weighted by atomic mass is 9.77. The molecular weight excluding hydrogens is 367 g/mol. The van der Waals surface area contributed by atoms with Crippen molar-refractivity contribution in [1.82, 2.24) is 0 Å². The summed E-state index contributed by atoms with van der Waals surface area (Å²) in [4.78, 5) is 0. The molecule has 0 spiro atoms. The van der Waals surface area contributed by atoms with Crippen LogP contribution in [0.4, 0.5) is 4.39 Å². The summed E-state index contributed by atoms with van der Waals surface area (Å²) >= 11 is 0. The molecule has 2 aromatic carbocycles. The summed E-state index contributed by atoms with van der Waals surface area (Å²) in [7, 11) is 0. The van der Waals surface area contributed by atoms with E-state index in [0.29, 0.717) is 5.92 Å². The van der Waals surface area contributed by atoms with Gasteiger partial charge in [0.15, 0.2) is 0 Å². The van der Waals surface area contributed by atoms with Crippen molar-refractivity contribution in [1.29, 1.82) is 0 Å². The van der Waals surface area contributed by atoms with Gasteiger partial charge in [0.1, 0.15) is 5.82 Å². The van der Waals surface area contributed by atoms with E-state index in [0.717, 1.165) is 54.7 Å². The molecule has 0 heterocycles. The molecule has 0 unspecified atom stereocenters. The van der Waals surface area contributed by atoms with Gasteiger partial charge in [0, 0.05) is 17.5 Å². The first-order chi connectivity index (χ1) is 14.7. The Bertz CT molecular complexity index is 922. The fourth-order valence-corrected chi connectivity index (χ4v) is 4.32. The van der Waals surface area contributed by atoms with E-state index in [1.54, 1.807) is 6.07 Å². The van der Waals surface area contributed by atoms with Crippen molar-refractivity contribution in [3.05, 3.63) is 70.5 Å². The monoisotopic (exact) mass is 400 g/mol. The van der Waals surface area contributed by atoms with E-state index in [9.17, 15) is 4.39 Å². The molecule has 1 heteroatoms. The van der Waals surface area contributed by atoms with Crippen LogP contribution in [-0.2, 0) is 6.42 Å². The zero-order valence-electron chi connectivity index (χ0n) is 18.4. The highest BCUT2D eigenvalue weighted by molar-refractivity contribution is 5.44. The first-order valence-corrected chi connectivity index (χ1v) is 11.5. The quantitative estimate of drug-likeness (QED) is 0.345. The van der Waals surface area contributed by atoms with Crippen LogP contribution in [-0.4, -0.2) is 0 Å². The van der Waals surface area contributed by atoms with Crippen LogP contribution in [0.2, 0.25) is 0 Å². The average molecular weight is 401 g/mol. The first-order valence-electron chi connectivity index (χ1n) is 11.5. The smallest absolute Gasteiger partial charge is 0.127 e. The number of aryl methyl sites for hydroxylation is 1. The molecule has 30 heavy (non-hydrogen) atoms. The van der Waals surface area contributed by atoms with E-state index in [1.807, 2.05) is 19.1 Å². The third-order valence-corrected chi connectivity index (χ3v) is 6.25. The molecule has 1 saturated carbocycles. The Hall–Kier alpha value is -2.51. The third-order valence-electron chi connectivity index (χ3n) is 6.25. The van der Waals surface area contributed by atoms with Gasteiger partial charge in [-0.25, -0.2) is 4.39 Å². The molecule has 1 fully saturated rings. The van der Waals surface area contributed by atoms with E-state index in [4.69, 9.17) is 0 Å². The molecule has 0 saturated heterocycles. The molecule has 156 valence electrons. The van der Waals surface area contributed by atoms with Crippen LogP contribution in [0.3, 0.4) is 0 Å². The molecule has 0 N–H and O–H groups in total. The van der Waals surface area contributed by atoms with Crippen LogP contribution >= 0.6 is 0 Å². The van der Waals surface area contributed by atoms with Gasteiger partial charge in [-0.2, -0.15) is 0 Å². The summed E-state index contributed by atoms with van der Waals surface area (Å²) < 4.78 is 14.3. The number of unbranched alkanes of at least 4 members (excludes halogenated alkanes) is 2. The van der Waals surface area contributed by atoms with Crippen molar-refractivity contribution in [3.63, 3.8) is 0 Å². The predicted octanol–water partition coefficient (Wildman–Crippen LogP) is 7.65. The molecule has 0 atom stereocenters. The van der Waals surface area contributed by atoms with Gasteiger partial charge in [0.05, 0.1) is 0 Å². The highest BCUT2D eigenvalue weighted by atomic mass is 19.1. The Kier molecular flexibility index (Phi) is 8.59. The lowest BCUT2D eigenvalue weighted by Crippen LogP contribution is -2.12. The number of rotatable bonds is 6. The minimum Gasteiger partial charge on any atom is -0.207 e. The molecular formula is C29H33F. The van der Waals surface area contributed by atoms with Crippen molar-refractivity contribution < 1.29 is 4.39 Å². The number of benzene rings is 2. The van der Waals surface area contributed by atoms with Gasteiger partial charge in [-0.3, -0.25) is 0 Å². The maximum atomic E-state index is 14.3. The standard InChI is InChI=1S/C29H33F/c1-3-5-7-9-28-21-16-25(22-29(28)30)11-10-24-14-19-27(20-15-24)26-17-12-23(13-18-26)8-6-4-2/h14-16,19-23,26H,3,5,7-9,12-13,17-18H2,1-2H3. The summed E-state index contributed by atoms with van der Waals surface area (Å²) in [6.45, 7) is 4.09. The number of halogens is 1. The highest BCUT2D eigenvalue weighted by Gasteiger charge is 2.21. The van der Waals surface area contributed by atoms with E-state index < -0.39 is 0 Å². The maximum absolute atomic E-state index is 14.3. The Morgan fingerprint density at radius 3 is 2.27 bits per heavy atom. The van der Waals surface area contributed by atoms with Crippen molar-refractivity contribution in [2.45, 2.75) is 77.6 Å². The molecule has 0 bridgehead atoms. The molecule has 0 radical (unpaired) electrons. The molecule has 0 aliphatic heterocycles. The summed E-state index contributed by atoms with van der Waals surface area (Å²) in [6, 6.07) is 14.0. The van der Waals surface area contributed by atoms with Gasteiger partial charge >= 0.3 is 0 Å². The van der Waals surface area contributed by atoms with E-state index in [2.05, 4.69) is 54.9 Å². The number of hydrogen-bond donors (Lipinski definition) is 0. The third kappa shape index (κ3) is 6.50. The minimum atomic E-state index is -0.131. The largest absolute Gasteiger partial charge is 0.207 e. The van der Waals surface area contributed by atoms with Gasteiger partial charge in [0.25, 0.3) is 0 Å². The Morgan fingerprint density at radius 1 is 0.900 bits per heavy atom. The molecule has 2 aromatic rings. The topological polar surface area (TPSA) is 0 Å². The van der Waals surface area contributed by atoms with Gasteiger partial charge < -0.3 is 0 Å². The zero-order chi connectivity index (χ0) is 21.2. The van der Waals surface area contributed by atoms with Crippen LogP contribution in [0.25, 0.3) is 0 Å². The maximum Gasteiger partial charge on any atom is 0.127 e. The molecule has 0 amide bonds. The second-order valence-electron chi connectivity index (χ2n) is 8.48. The van der Waals surface area contributed by atoms with Crippen molar-refractivity contribution in [2.24, 2.45) is 5.92 Å². The molecule has 1 aliphatic rings. The van der Waals surface area contributed by atoms with Crippen LogP contribution in [0.5, 0.6) is 0 Å². The minimum absolute atomic E-state index is 0.131.